The molecule has 1 saturated heterocycles. The van der Waals surface area contributed by atoms with Gasteiger partial charge in [-0.05, 0) is 62.0 Å². The Labute approximate surface area is 132 Å². The lowest BCUT2D eigenvalue weighted by Gasteiger charge is -2.34. The Morgan fingerprint density at radius 2 is 1.86 bits per heavy atom. The Morgan fingerprint density at radius 3 is 2.55 bits per heavy atom. The van der Waals surface area contributed by atoms with Crippen molar-refractivity contribution in [3.8, 4) is 0 Å². The zero-order valence-corrected chi connectivity index (χ0v) is 13.2. The van der Waals surface area contributed by atoms with Gasteiger partial charge in [-0.15, -0.1) is 0 Å². The molecule has 3 nitrogen and oxygen atoms in total. The summed E-state index contributed by atoms with van der Waals surface area (Å²) in [6, 6.07) is 14.3. The van der Waals surface area contributed by atoms with Crippen molar-refractivity contribution in [1.29, 1.82) is 0 Å². The fourth-order valence-electron chi connectivity index (χ4n) is 3.25. The molecule has 0 aliphatic carbocycles. The molecule has 2 heterocycles. The molecule has 2 aromatic rings. The number of nitrogens with zero attached hydrogens (tertiary/aromatic N) is 2. The first-order valence-electron chi connectivity index (χ1n) is 8.10. The number of aromatic nitrogens is 1. The van der Waals surface area contributed by atoms with Crippen molar-refractivity contribution in [3.05, 3.63) is 65.5 Å². The predicted octanol–water partition coefficient (Wildman–Crippen LogP) is 3.34. The molecule has 1 aliphatic heterocycles. The normalized spacial score (nSPS) is 18.3. The summed E-state index contributed by atoms with van der Waals surface area (Å²) in [6.45, 7) is 5.28. The Kier molecular flexibility index (Phi) is 4.86. The minimum Gasteiger partial charge on any atom is -0.387 e. The molecule has 0 radical (unpaired) electrons. The molecule has 3 rings (SSSR count). The number of hydrogen-bond acceptors (Lipinski definition) is 3. The third kappa shape index (κ3) is 3.54. The molecule has 1 N–H and O–H groups in total. The van der Waals surface area contributed by atoms with Gasteiger partial charge in [-0.1, -0.05) is 30.3 Å². The number of benzene rings is 1. The lowest BCUT2D eigenvalue weighted by molar-refractivity contribution is 0.0539. The maximum atomic E-state index is 10.5. The molecule has 22 heavy (non-hydrogen) atoms. The molecule has 1 aromatic heterocycles. The quantitative estimate of drug-likeness (QED) is 0.940. The minimum atomic E-state index is -0.429. The minimum absolute atomic E-state index is 0.322. The summed E-state index contributed by atoms with van der Waals surface area (Å²) in [7, 11) is 0. The lowest BCUT2D eigenvalue weighted by Crippen LogP contribution is -2.35. The Morgan fingerprint density at radius 1 is 1.14 bits per heavy atom. The van der Waals surface area contributed by atoms with Crippen LogP contribution in [0.2, 0.25) is 0 Å². The van der Waals surface area contributed by atoms with Crippen LogP contribution in [0.3, 0.4) is 0 Å². The van der Waals surface area contributed by atoms with Crippen LogP contribution in [-0.2, 0) is 6.54 Å². The number of likely N-dealkylation sites (tertiary alicyclic amines) is 1. The molecule has 0 unspecified atom stereocenters. The van der Waals surface area contributed by atoms with Gasteiger partial charge in [0.1, 0.15) is 0 Å². The highest BCUT2D eigenvalue weighted by atomic mass is 16.3. The molecule has 1 aliphatic rings. The van der Waals surface area contributed by atoms with E-state index in [2.05, 4.69) is 41.1 Å². The van der Waals surface area contributed by atoms with Crippen LogP contribution in [0.15, 0.2) is 48.7 Å². The zero-order chi connectivity index (χ0) is 15.4. The summed E-state index contributed by atoms with van der Waals surface area (Å²) in [5.41, 5.74) is 3.57. The van der Waals surface area contributed by atoms with Crippen LogP contribution < -0.4 is 0 Å². The van der Waals surface area contributed by atoms with Crippen molar-refractivity contribution < 1.29 is 5.11 Å². The van der Waals surface area contributed by atoms with Gasteiger partial charge in [0, 0.05) is 12.7 Å². The second kappa shape index (κ2) is 7.03. The van der Waals surface area contributed by atoms with Crippen molar-refractivity contribution in [2.24, 2.45) is 5.92 Å². The molecule has 0 spiro atoms. The SMILES string of the molecule is Cc1ccccc1CN1CCC([C@H](O)c2ccccn2)CC1. The zero-order valence-electron chi connectivity index (χ0n) is 13.2. The maximum Gasteiger partial charge on any atom is 0.0988 e. The van der Waals surface area contributed by atoms with Crippen molar-refractivity contribution in [2.45, 2.75) is 32.4 Å². The molecule has 1 fully saturated rings. The highest BCUT2D eigenvalue weighted by Crippen LogP contribution is 2.30. The lowest BCUT2D eigenvalue weighted by atomic mass is 9.89. The Balaban J connectivity index is 1.55. The fraction of sp³-hybridized carbons (Fsp3) is 0.421. The van der Waals surface area contributed by atoms with Crippen LogP contribution in [0.5, 0.6) is 0 Å². The first-order valence-corrected chi connectivity index (χ1v) is 8.10. The third-order valence-corrected chi connectivity index (χ3v) is 4.72. The van der Waals surface area contributed by atoms with Gasteiger partial charge in [0.05, 0.1) is 11.8 Å². The Bertz CT molecular complexity index is 591. The van der Waals surface area contributed by atoms with E-state index < -0.39 is 6.10 Å². The van der Waals surface area contributed by atoms with E-state index in [1.54, 1.807) is 6.20 Å². The largest absolute Gasteiger partial charge is 0.387 e. The first kappa shape index (κ1) is 15.2. The van der Waals surface area contributed by atoms with Crippen LogP contribution in [0.1, 0.15) is 35.8 Å². The molecule has 116 valence electrons. The summed E-state index contributed by atoms with van der Waals surface area (Å²) < 4.78 is 0. The van der Waals surface area contributed by atoms with E-state index in [-0.39, 0.29) is 0 Å². The van der Waals surface area contributed by atoms with Crippen molar-refractivity contribution in [1.82, 2.24) is 9.88 Å². The van der Waals surface area contributed by atoms with E-state index in [0.29, 0.717) is 5.92 Å². The molecule has 1 atom stereocenters. The number of pyridine rings is 1. The van der Waals surface area contributed by atoms with E-state index in [4.69, 9.17) is 0 Å². The van der Waals surface area contributed by atoms with E-state index in [0.717, 1.165) is 38.2 Å². The van der Waals surface area contributed by atoms with Gasteiger partial charge in [0.2, 0.25) is 0 Å². The number of aliphatic hydroxyl groups is 1. The van der Waals surface area contributed by atoms with Crippen LogP contribution in [0, 0.1) is 12.8 Å². The van der Waals surface area contributed by atoms with Gasteiger partial charge in [-0.25, -0.2) is 0 Å². The predicted molar refractivity (Wildman–Crippen MR) is 88.4 cm³/mol. The monoisotopic (exact) mass is 296 g/mol. The molecule has 0 saturated carbocycles. The number of hydrogen-bond donors (Lipinski definition) is 1. The third-order valence-electron chi connectivity index (χ3n) is 4.72. The molecular formula is C19H24N2O. The molecule has 0 bridgehead atoms. The number of aliphatic hydroxyl groups excluding tert-OH is 1. The van der Waals surface area contributed by atoms with E-state index >= 15 is 0 Å². The highest BCUT2D eigenvalue weighted by Gasteiger charge is 2.26. The van der Waals surface area contributed by atoms with E-state index in [9.17, 15) is 5.11 Å². The second-order valence-electron chi connectivity index (χ2n) is 6.24. The van der Waals surface area contributed by atoms with Gasteiger partial charge >= 0.3 is 0 Å². The highest BCUT2D eigenvalue weighted by molar-refractivity contribution is 5.25. The van der Waals surface area contributed by atoms with Crippen LogP contribution in [0.25, 0.3) is 0 Å². The molecule has 0 amide bonds. The van der Waals surface area contributed by atoms with Gasteiger partial charge < -0.3 is 5.11 Å². The summed E-state index contributed by atoms with van der Waals surface area (Å²) in [5.74, 6) is 0.322. The van der Waals surface area contributed by atoms with Gasteiger partial charge in [-0.2, -0.15) is 0 Å². The summed E-state index contributed by atoms with van der Waals surface area (Å²) in [6.07, 6.45) is 3.39. The molecule has 3 heteroatoms. The Hall–Kier alpha value is -1.71. The average Bonchev–Trinajstić information content (AvgIpc) is 2.58. The summed E-state index contributed by atoms with van der Waals surface area (Å²) in [5, 5.41) is 10.5. The van der Waals surface area contributed by atoms with E-state index in [1.165, 1.54) is 11.1 Å². The van der Waals surface area contributed by atoms with Gasteiger partial charge in [0.25, 0.3) is 0 Å². The summed E-state index contributed by atoms with van der Waals surface area (Å²) in [4.78, 5) is 6.78. The van der Waals surface area contributed by atoms with Crippen molar-refractivity contribution in [2.75, 3.05) is 13.1 Å². The fourth-order valence-corrected chi connectivity index (χ4v) is 3.25. The van der Waals surface area contributed by atoms with Crippen molar-refractivity contribution in [3.63, 3.8) is 0 Å². The molecular weight excluding hydrogens is 272 g/mol. The number of rotatable bonds is 4. The average molecular weight is 296 g/mol. The standard InChI is InChI=1S/C19H24N2O/c1-15-6-2-3-7-17(15)14-21-12-9-16(10-13-21)19(22)18-8-4-5-11-20-18/h2-8,11,16,19,22H,9-10,12-14H2,1H3/t19-/m0/s1. The van der Waals surface area contributed by atoms with Crippen molar-refractivity contribution >= 4 is 0 Å². The topological polar surface area (TPSA) is 36.4 Å². The number of piperidine rings is 1. The summed E-state index contributed by atoms with van der Waals surface area (Å²) >= 11 is 0. The van der Waals surface area contributed by atoms with Crippen LogP contribution >= 0.6 is 0 Å². The molecule has 1 aromatic carbocycles. The van der Waals surface area contributed by atoms with Crippen LogP contribution in [0.4, 0.5) is 0 Å². The smallest absolute Gasteiger partial charge is 0.0988 e. The van der Waals surface area contributed by atoms with Crippen LogP contribution in [-0.4, -0.2) is 28.1 Å². The first-order chi connectivity index (χ1) is 10.7. The number of aryl methyl sites for hydroxylation is 1. The van der Waals surface area contributed by atoms with Gasteiger partial charge in [-0.3, -0.25) is 9.88 Å². The van der Waals surface area contributed by atoms with E-state index in [1.807, 2.05) is 18.2 Å². The second-order valence-corrected chi connectivity index (χ2v) is 6.24. The van der Waals surface area contributed by atoms with Gasteiger partial charge in [0.15, 0.2) is 0 Å². The maximum absolute atomic E-state index is 10.5.